The van der Waals surface area contributed by atoms with Crippen molar-refractivity contribution in [3.63, 3.8) is 0 Å². The predicted molar refractivity (Wildman–Crippen MR) is 224 cm³/mol. The van der Waals surface area contributed by atoms with Gasteiger partial charge in [0.25, 0.3) is 5.91 Å². The van der Waals surface area contributed by atoms with Crippen molar-refractivity contribution in [2.24, 2.45) is 11.8 Å². The highest BCUT2D eigenvalue weighted by molar-refractivity contribution is 7.90. The smallest absolute Gasteiger partial charge is 0.264 e. The summed E-state index contributed by atoms with van der Waals surface area (Å²) in [7, 11) is -0.416. The van der Waals surface area contributed by atoms with Crippen molar-refractivity contribution in [1.29, 1.82) is 0 Å². The predicted octanol–water partition coefficient (Wildman–Crippen LogP) is 7.07. The number of unbranched alkanes of at least 4 members (excludes halogenated alkanes) is 1. The highest BCUT2D eigenvalue weighted by Crippen LogP contribution is 2.50. The second kappa shape index (κ2) is 17.8. The summed E-state index contributed by atoms with van der Waals surface area (Å²) >= 11 is 6.54. The molecule has 0 radical (unpaired) electrons. The molecule has 0 bridgehead atoms. The van der Waals surface area contributed by atoms with E-state index in [1.54, 1.807) is 13.0 Å². The summed E-state index contributed by atoms with van der Waals surface area (Å²) in [6.07, 6.45) is 12.8. The minimum absolute atomic E-state index is 0.234. The van der Waals surface area contributed by atoms with E-state index in [9.17, 15) is 13.2 Å². The lowest BCUT2D eigenvalue weighted by Gasteiger charge is -2.54. The van der Waals surface area contributed by atoms with Crippen molar-refractivity contribution in [3.8, 4) is 5.75 Å². The van der Waals surface area contributed by atoms with Crippen LogP contribution in [0.3, 0.4) is 0 Å². The third-order valence-corrected chi connectivity index (χ3v) is 16.1. The Labute approximate surface area is 341 Å². The number of fused-ring (bicyclic) bond motifs is 4. The fourth-order valence-electron chi connectivity index (χ4n) is 10.7. The van der Waals surface area contributed by atoms with E-state index in [1.165, 1.54) is 44.0 Å². The maximum Gasteiger partial charge on any atom is 0.264 e. The van der Waals surface area contributed by atoms with Crippen LogP contribution in [0.15, 0.2) is 36.4 Å². The molecule has 3 aliphatic heterocycles. The first kappa shape index (κ1) is 41.7. The number of methoxy groups -OCH3 is 2. The average molecular weight is 814 g/mol. The standard InChI is InChI=1S/C44H65ClN4O6S/c1-5-6-20-44(54-4,30-47-22-23-48-21-8-7-11-37(48)28-47)39-15-12-35(39)27-49-29-43(19-9-10-33-25-36(45)14-16-38(33)43)31-55-41-17-13-34(26-40(41)49)42(50)46-56(51,52)32(2)18-24-53-3/h13-14,16-17,25-26,32,35,37,39H,5-12,15,18-24,27-31H2,1-4H3,(H,46,50)/t32?,35?,37?,39?,43-,44-/m0/s1. The number of hydrogen-bond donors (Lipinski definition) is 1. The van der Waals surface area contributed by atoms with E-state index in [0.717, 1.165) is 107 Å². The van der Waals surface area contributed by atoms with Gasteiger partial charge >= 0.3 is 0 Å². The Morgan fingerprint density at radius 3 is 2.71 bits per heavy atom. The van der Waals surface area contributed by atoms with Crippen LogP contribution in [0, 0.1) is 11.8 Å². The number of anilines is 1. The molecule has 1 N–H and O–H groups in total. The highest BCUT2D eigenvalue weighted by Gasteiger charge is 2.51. The van der Waals surface area contributed by atoms with Crippen molar-refractivity contribution < 1.29 is 27.4 Å². The van der Waals surface area contributed by atoms with Crippen LogP contribution in [0.2, 0.25) is 5.02 Å². The van der Waals surface area contributed by atoms with E-state index in [-0.39, 0.29) is 11.0 Å². The number of benzene rings is 2. The Kier molecular flexibility index (Phi) is 13.3. The molecule has 3 heterocycles. The topological polar surface area (TPSA) is 101 Å². The molecule has 2 aromatic carbocycles. The van der Waals surface area contributed by atoms with E-state index in [2.05, 4.69) is 38.5 Å². The van der Waals surface area contributed by atoms with Gasteiger partial charge in [0.1, 0.15) is 5.75 Å². The first-order chi connectivity index (χ1) is 27.0. The highest BCUT2D eigenvalue weighted by atomic mass is 35.5. The fourth-order valence-corrected chi connectivity index (χ4v) is 11.8. The third-order valence-electron chi connectivity index (χ3n) is 14.1. The number of halogens is 1. The van der Waals surface area contributed by atoms with Crippen LogP contribution in [-0.4, -0.2) is 114 Å². The van der Waals surface area contributed by atoms with Gasteiger partial charge in [0.05, 0.1) is 23.1 Å². The average Bonchev–Trinajstić information content (AvgIpc) is 3.33. The van der Waals surface area contributed by atoms with Gasteiger partial charge in [-0.3, -0.25) is 14.6 Å². The molecule has 4 unspecified atom stereocenters. The minimum atomic E-state index is -3.90. The number of piperazine rings is 1. The molecule has 2 aromatic rings. The Morgan fingerprint density at radius 1 is 1.09 bits per heavy atom. The SMILES string of the molecule is CCCC[C@@](CN1CCN2CCCCC2C1)(OC)C1CCC1CN1C[C@@]2(CCCc3cc(Cl)ccc32)COc2ccc(C(=O)NS(=O)(=O)C(C)CCOC)cc21. The first-order valence-corrected chi connectivity index (χ1v) is 23.3. The third kappa shape index (κ3) is 8.79. The Morgan fingerprint density at radius 2 is 1.95 bits per heavy atom. The Bertz CT molecular complexity index is 1800. The van der Waals surface area contributed by atoms with Gasteiger partial charge in [-0.05, 0) is 125 Å². The molecule has 3 fully saturated rings. The molecular formula is C44H65ClN4O6S. The molecule has 1 saturated carbocycles. The molecule has 12 heteroatoms. The number of carbonyl (C=O) groups excluding carboxylic acids is 1. The maximum atomic E-state index is 13.7. The summed E-state index contributed by atoms with van der Waals surface area (Å²) < 4.78 is 47.3. The summed E-state index contributed by atoms with van der Waals surface area (Å²) in [5.41, 5.74) is 3.22. The molecule has 1 amide bonds. The van der Waals surface area contributed by atoms with Crippen molar-refractivity contribution in [2.45, 2.75) is 113 Å². The van der Waals surface area contributed by atoms with Crippen LogP contribution >= 0.6 is 11.6 Å². The van der Waals surface area contributed by atoms with Gasteiger partial charge in [-0.25, -0.2) is 13.1 Å². The Hall–Kier alpha value is -2.41. The number of nitrogens with one attached hydrogen (secondary N) is 1. The van der Waals surface area contributed by atoms with E-state index in [1.807, 2.05) is 25.3 Å². The minimum Gasteiger partial charge on any atom is -0.490 e. The molecule has 0 aromatic heterocycles. The van der Waals surface area contributed by atoms with Crippen molar-refractivity contribution >= 4 is 33.2 Å². The largest absolute Gasteiger partial charge is 0.490 e. The zero-order valence-corrected chi connectivity index (χ0v) is 35.8. The molecule has 10 nitrogen and oxygen atoms in total. The summed E-state index contributed by atoms with van der Waals surface area (Å²) in [6.45, 7) is 11.8. The second-order valence-electron chi connectivity index (χ2n) is 17.6. The van der Waals surface area contributed by atoms with Gasteiger partial charge in [-0.2, -0.15) is 0 Å². The number of nitrogens with zero attached hydrogens (tertiary/aromatic N) is 3. The lowest BCUT2D eigenvalue weighted by atomic mass is 9.62. The van der Waals surface area contributed by atoms with Crippen LogP contribution < -0.4 is 14.4 Å². The lowest BCUT2D eigenvalue weighted by molar-refractivity contribution is -0.136. The van der Waals surface area contributed by atoms with Gasteiger partial charge in [0.2, 0.25) is 10.0 Å². The van der Waals surface area contributed by atoms with Crippen molar-refractivity contribution in [1.82, 2.24) is 14.5 Å². The number of amides is 1. The molecule has 310 valence electrons. The molecule has 5 aliphatic rings. The quantitative estimate of drug-likeness (QED) is 0.203. The van der Waals surface area contributed by atoms with Crippen LogP contribution in [-0.2, 0) is 31.3 Å². The van der Waals surface area contributed by atoms with Crippen LogP contribution in [0.4, 0.5) is 5.69 Å². The van der Waals surface area contributed by atoms with E-state index in [4.69, 9.17) is 25.8 Å². The monoisotopic (exact) mass is 812 g/mol. The van der Waals surface area contributed by atoms with E-state index >= 15 is 0 Å². The van der Waals surface area contributed by atoms with Crippen molar-refractivity contribution in [3.05, 3.63) is 58.1 Å². The van der Waals surface area contributed by atoms with Gasteiger partial charge in [-0.1, -0.05) is 43.9 Å². The summed E-state index contributed by atoms with van der Waals surface area (Å²) in [6, 6.07) is 12.4. The van der Waals surface area contributed by atoms with Gasteiger partial charge in [0.15, 0.2) is 0 Å². The van der Waals surface area contributed by atoms with E-state index < -0.39 is 21.2 Å². The summed E-state index contributed by atoms with van der Waals surface area (Å²) in [5.74, 6) is 0.875. The number of hydrogen-bond acceptors (Lipinski definition) is 9. The van der Waals surface area contributed by atoms with Gasteiger partial charge < -0.3 is 19.1 Å². The first-order valence-electron chi connectivity index (χ1n) is 21.4. The number of piperidine rings is 1. The number of sulfonamides is 1. The summed E-state index contributed by atoms with van der Waals surface area (Å²) in [5, 5.41) is -0.0227. The number of aryl methyl sites for hydroxylation is 1. The molecule has 2 aliphatic carbocycles. The number of rotatable bonds is 15. The second-order valence-corrected chi connectivity index (χ2v) is 20.1. The van der Waals surface area contributed by atoms with Crippen molar-refractivity contribution in [2.75, 3.05) is 78.1 Å². The Balaban J connectivity index is 1.19. The fraction of sp³-hybridized carbons (Fsp3) is 0.705. The van der Waals surface area contributed by atoms with Gasteiger partial charge in [0, 0.05) is 82.1 Å². The van der Waals surface area contributed by atoms with Crippen LogP contribution in [0.25, 0.3) is 0 Å². The van der Waals surface area contributed by atoms with Gasteiger partial charge in [-0.15, -0.1) is 0 Å². The normalized spacial score (nSPS) is 27.2. The zero-order chi connectivity index (χ0) is 39.5. The molecule has 56 heavy (non-hydrogen) atoms. The van der Waals surface area contributed by atoms with E-state index in [0.29, 0.717) is 43.1 Å². The lowest BCUT2D eigenvalue weighted by Crippen LogP contribution is -2.62. The van der Waals surface area contributed by atoms with Crippen LogP contribution in [0.5, 0.6) is 5.75 Å². The zero-order valence-electron chi connectivity index (χ0n) is 34.2. The maximum absolute atomic E-state index is 13.7. The molecule has 7 rings (SSSR count). The molecule has 1 spiro atoms. The summed E-state index contributed by atoms with van der Waals surface area (Å²) in [4.78, 5) is 21.6. The number of ether oxygens (including phenoxy) is 3. The molecule has 6 atom stereocenters. The van der Waals surface area contributed by atoms with Crippen LogP contribution in [0.1, 0.15) is 106 Å². The number of carbonyl (C=O) groups is 1. The molecular weight excluding hydrogens is 748 g/mol. The molecule has 2 saturated heterocycles.